The van der Waals surface area contributed by atoms with Crippen molar-refractivity contribution < 1.29 is 0 Å². The Morgan fingerprint density at radius 2 is 2.00 bits per heavy atom. The van der Waals surface area contributed by atoms with Gasteiger partial charge in [-0.25, -0.2) is 0 Å². The Morgan fingerprint density at radius 1 is 1.28 bits per heavy atom. The molecule has 2 N–H and O–H groups in total. The van der Waals surface area contributed by atoms with Crippen molar-refractivity contribution in [2.24, 2.45) is 7.05 Å². The Morgan fingerprint density at radius 3 is 2.61 bits per heavy atom. The maximum Gasteiger partial charge on any atom is 0.266 e. The second-order valence-corrected chi connectivity index (χ2v) is 4.86. The average molecular weight is 266 g/mol. The molecule has 0 unspecified atom stereocenters. The summed E-state index contributed by atoms with van der Waals surface area (Å²) in [6.07, 6.45) is 0. The van der Waals surface area contributed by atoms with Crippen LogP contribution in [0.3, 0.4) is 0 Å². The molecule has 1 aromatic carbocycles. The van der Waals surface area contributed by atoms with Gasteiger partial charge in [0.15, 0.2) is 0 Å². The predicted molar refractivity (Wildman–Crippen MR) is 74.3 cm³/mol. The molecule has 1 heterocycles. The van der Waals surface area contributed by atoms with Gasteiger partial charge < -0.3 is 5.32 Å². The van der Waals surface area contributed by atoms with Gasteiger partial charge >= 0.3 is 0 Å². The van der Waals surface area contributed by atoms with E-state index in [0.29, 0.717) is 6.54 Å². The summed E-state index contributed by atoms with van der Waals surface area (Å²) in [5, 5.41) is 7.04. The van der Waals surface area contributed by atoms with Crippen molar-refractivity contribution in [2.75, 3.05) is 5.32 Å². The number of nitrogens with zero attached hydrogens (tertiary/aromatic N) is 1. The number of hydrogen-bond acceptors (Lipinski definition) is 2. The maximum atomic E-state index is 11.3. The SMILES string of the molecule is Cc1cc(NCc2cc(=O)n(C)[nH]2)c(C)cc1Cl. The Balaban J connectivity index is 2.15. The molecule has 0 amide bonds. The molecule has 0 aliphatic rings. The maximum absolute atomic E-state index is 11.3. The minimum Gasteiger partial charge on any atom is -0.379 e. The number of hydrogen-bond donors (Lipinski definition) is 2. The Bertz CT molecular complexity index is 628. The normalized spacial score (nSPS) is 10.7. The summed E-state index contributed by atoms with van der Waals surface area (Å²) in [7, 11) is 1.70. The van der Waals surface area contributed by atoms with Crippen molar-refractivity contribution in [3.63, 3.8) is 0 Å². The average Bonchev–Trinajstić information content (AvgIpc) is 2.62. The largest absolute Gasteiger partial charge is 0.379 e. The van der Waals surface area contributed by atoms with E-state index in [2.05, 4.69) is 10.4 Å². The van der Waals surface area contributed by atoms with Crippen molar-refractivity contribution in [3.8, 4) is 0 Å². The second-order valence-electron chi connectivity index (χ2n) is 4.45. The fourth-order valence-corrected chi connectivity index (χ4v) is 2.02. The summed E-state index contributed by atoms with van der Waals surface area (Å²) in [5.41, 5.74) is 3.97. The number of H-pyrrole nitrogens is 1. The molecule has 0 fully saturated rings. The van der Waals surface area contributed by atoms with E-state index < -0.39 is 0 Å². The zero-order valence-corrected chi connectivity index (χ0v) is 11.4. The van der Waals surface area contributed by atoms with Crippen LogP contribution in [0.15, 0.2) is 23.0 Å². The van der Waals surface area contributed by atoms with E-state index in [1.54, 1.807) is 13.1 Å². The molecule has 96 valence electrons. The summed E-state index contributed by atoms with van der Waals surface area (Å²) in [4.78, 5) is 11.3. The lowest BCUT2D eigenvalue weighted by atomic mass is 10.1. The van der Waals surface area contributed by atoms with Crippen molar-refractivity contribution in [1.82, 2.24) is 9.78 Å². The highest BCUT2D eigenvalue weighted by Gasteiger charge is 2.04. The van der Waals surface area contributed by atoms with Crippen LogP contribution in [0.5, 0.6) is 0 Å². The zero-order valence-electron chi connectivity index (χ0n) is 10.7. The first-order valence-electron chi connectivity index (χ1n) is 5.73. The van der Waals surface area contributed by atoms with E-state index in [9.17, 15) is 4.79 Å². The van der Waals surface area contributed by atoms with Crippen LogP contribution in [0.25, 0.3) is 0 Å². The van der Waals surface area contributed by atoms with Gasteiger partial charge in [0, 0.05) is 23.8 Å². The van der Waals surface area contributed by atoms with E-state index in [1.165, 1.54) is 4.68 Å². The number of aromatic nitrogens is 2. The number of benzene rings is 1. The number of aryl methyl sites for hydroxylation is 3. The van der Waals surface area contributed by atoms with Crippen LogP contribution >= 0.6 is 11.6 Å². The molecule has 0 spiro atoms. The van der Waals surface area contributed by atoms with Crippen LogP contribution in [0.4, 0.5) is 5.69 Å². The van der Waals surface area contributed by atoms with E-state index in [4.69, 9.17) is 11.6 Å². The Hall–Kier alpha value is -1.68. The first-order chi connectivity index (χ1) is 8.47. The molecule has 5 heteroatoms. The van der Waals surface area contributed by atoms with Gasteiger partial charge in [-0.1, -0.05) is 11.6 Å². The highest BCUT2D eigenvalue weighted by Crippen LogP contribution is 2.24. The fraction of sp³-hybridized carbons (Fsp3) is 0.308. The number of nitrogens with one attached hydrogen (secondary N) is 2. The quantitative estimate of drug-likeness (QED) is 0.896. The minimum atomic E-state index is -0.0317. The number of halogens is 1. The summed E-state index contributed by atoms with van der Waals surface area (Å²) in [6.45, 7) is 4.55. The Labute approximate surface area is 111 Å². The van der Waals surface area contributed by atoms with Crippen LogP contribution < -0.4 is 10.9 Å². The number of anilines is 1. The van der Waals surface area contributed by atoms with Gasteiger partial charge in [-0.3, -0.25) is 14.6 Å². The third-order valence-electron chi connectivity index (χ3n) is 2.91. The molecule has 1 aromatic heterocycles. The zero-order chi connectivity index (χ0) is 13.3. The molecule has 0 bridgehead atoms. The van der Waals surface area contributed by atoms with Gasteiger partial charge in [0.2, 0.25) is 0 Å². The van der Waals surface area contributed by atoms with Crippen LogP contribution in [-0.2, 0) is 13.6 Å². The lowest BCUT2D eigenvalue weighted by Gasteiger charge is -2.10. The van der Waals surface area contributed by atoms with Crippen LogP contribution in [0, 0.1) is 13.8 Å². The lowest BCUT2D eigenvalue weighted by Crippen LogP contribution is -2.09. The molecule has 0 radical (unpaired) electrons. The monoisotopic (exact) mass is 265 g/mol. The van der Waals surface area contributed by atoms with Crippen LogP contribution in [0.2, 0.25) is 5.02 Å². The molecule has 0 aliphatic carbocycles. The smallest absolute Gasteiger partial charge is 0.266 e. The second kappa shape index (κ2) is 4.90. The molecule has 2 rings (SSSR count). The van der Waals surface area contributed by atoms with Gasteiger partial charge in [-0.15, -0.1) is 0 Å². The minimum absolute atomic E-state index is 0.0317. The van der Waals surface area contributed by atoms with Crippen LogP contribution in [0.1, 0.15) is 16.8 Å². The van der Waals surface area contributed by atoms with E-state index in [1.807, 2.05) is 26.0 Å². The van der Waals surface area contributed by atoms with Crippen molar-refractivity contribution >= 4 is 17.3 Å². The van der Waals surface area contributed by atoms with Crippen molar-refractivity contribution in [3.05, 3.63) is 50.4 Å². The molecule has 0 atom stereocenters. The molecule has 4 nitrogen and oxygen atoms in total. The number of aromatic amines is 1. The molecule has 18 heavy (non-hydrogen) atoms. The summed E-state index contributed by atoms with van der Waals surface area (Å²) >= 11 is 6.05. The number of rotatable bonds is 3. The molecule has 0 saturated heterocycles. The highest BCUT2D eigenvalue weighted by molar-refractivity contribution is 6.31. The highest BCUT2D eigenvalue weighted by atomic mass is 35.5. The topological polar surface area (TPSA) is 49.8 Å². The van der Waals surface area contributed by atoms with Crippen molar-refractivity contribution in [2.45, 2.75) is 20.4 Å². The molecule has 0 saturated carbocycles. The molecule has 2 aromatic rings. The van der Waals surface area contributed by atoms with Gasteiger partial charge in [-0.2, -0.15) is 0 Å². The summed E-state index contributed by atoms with van der Waals surface area (Å²) < 4.78 is 1.46. The Kier molecular flexibility index (Phi) is 3.48. The summed E-state index contributed by atoms with van der Waals surface area (Å²) in [5.74, 6) is 0. The van der Waals surface area contributed by atoms with Crippen LogP contribution in [-0.4, -0.2) is 9.78 Å². The lowest BCUT2D eigenvalue weighted by molar-refractivity contribution is 0.723. The van der Waals surface area contributed by atoms with Crippen molar-refractivity contribution in [1.29, 1.82) is 0 Å². The van der Waals surface area contributed by atoms with E-state index in [0.717, 1.165) is 27.5 Å². The molecule has 0 aliphatic heterocycles. The molecular formula is C13H16ClN3O. The molecular weight excluding hydrogens is 250 g/mol. The van der Waals surface area contributed by atoms with Gasteiger partial charge in [0.1, 0.15) is 0 Å². The van der Waals surface area contributed by atoms with E-state index in [-0.39, 0.29) is 5.56 Å². The summed E-state index contributed by atoms with van der Waals surface area (Å²) in [6, 6.07) is 5.54. The third-order valence-corrected chi connectivity index (χ3v) is 3.32. The van der Waals surface area contributed by atoms with Gasteiger partial charge in [-0.05, 0) is 37.1 Å². The van der Waals surface area contributed by atoms with Gasteiger partial charge in [0.05, 0.1) is 12.2 Å². The fourth-order valence-electron chi connectivity index (χ4n) is 1.80. The van der Waals surface area contributed by atoms with Gasteiger partial charge in [0.25, 0.3) is 5.56 Å². The first kappa shape index (κ1) is 12.8. The third kappa shape index (κ3) is 2.59. The predicted octanol–water partition coefficient (Wildman–Crippen LogP) is 2.60. The van der Waals surface area contributed by atoms with E-state index >= 15 is 0 Å². The standard InChI is InChI=1S/C13H16ClN3O/c1-8-5-12(9(2)4-11(8)14)15-7-10-6-13(18)17(3)16-10/h4-6,15-16H,7H2,1-3H3. The first-order valence-corrected chi connectivity index (χ1v) is 6.10.